The molecule has 0 radical (unpaired) electrons. The first-order valence-corrected chi connectivity index (χ1v) is 15.6. The van der Waals surface area contributed by atoms with Gasteiger partial charge in [0.05, 0.1) is 28.1 Å². The summed E-state index contributed by atoms with van der Waals surface area (Å²) in [5.41, 5.74) is 8.85. The fourth-order valence-corrected chi connectivity index (χ4v) is 6.33. The van der Waals surface area contributed by atoms with E-state index in [9.17, 15) is 0 Å². The van der Waals surface area contributed by atoms with Crippen molar-refractivity contribution in [2.45, 2.75) is 52.9 Å². The summed E-state index contributed by atoms with van der Waals surface area (Å²) >= 11 is 0. The van der Waals surface area contributed by atoms with Crippen LogP contribution in [0.5, 0.6) is 11.5 Å². The molecule has 45 heavy (non-hydrogen) atoms. The van der Waals surface area contributed by atoms with E-state index in [4.69, 9.17) is 14.8 Å². The minimum absolute atomic E-state index is 0.148. The molecule has 4 aromatic carbocycles. The van der Waals surface area contributed by atoms with Crippen molar-refractivity contribution >= 4 is 21.8 Å². The predicted molar refractivity (Wildman–Crippen MR) is 185 cm³/mol. The molecule has 0 unspecified atom stereocenters. The number of para-hydroxylation sites is 1. The summed E-state index contributed by atoms with van der Waals surface area (Å²) in [7, 11) is 0. The van der Waals surface area contributed by atoms with Crippen molar-refractivity contribution in [1.29, 1.82) is 0 Å². The van der Waals surface area contributed by atoms with Crippen molar-refractivity contribution in [3.05, 3.63) is 132 Å². The van der Waals surface area contributed by atoms with Crippen molar-refractivity contribution in [3.63, 3.8) is 0 Å². The van der Waals surface area contributed by atoms with Crippen LogP contribution in [0.2, 0.25) is 0 Å². The van der Waals surface area contributed by atoms with Crippen LogP contribution in [0.15, 0.2) is 115 Å². The van der Waals surface area contributed by atoms with Crippen LogP contribution in [0, 0.1) is 6.92 Å². The third-order valence-electron chi connectivity index (χ3n) is 8.31. The number of fused-ring (bicyclic) bond motifs is 3. The number of pyridine rings is 1. The van der Waals surface area contributed by atoms with E-state index >= 15 is 0 Å². The van der Waals surface area contributed by atoms with E-state index in [1.54, 1.807) is 0 Å². The standard InChI is InChI=1S/C40H38N4O/c1-26(2)38-37(28-13-8-7-9-14-28)39(40(4,5)6)44(42-38)29-15-12-16-30(24-29)45-31-19-20-33-32-17-10-11-18-34(32)43(35(33)25-31)36-23-27(3)21-22-41-36/h7-26H,1-6H3. The van der Waals surface area contributed by atoms with Crippen LogP contribution in [-0.2, 0) is 5.41 Å². The molecule has 5 heteroatoms. The lowest BCUT2D eigenvalue weighted by Gasteiger charge is -2.23. The Morgan fingerprint density at radius 2 is 1.44 bits per heavy atom. The largest absolute Gasteiger partial charge is 0.457 e. The molecule has 3 heterocycles. The lowest BCUT2D eigenvalue weighted by atomic mass is 9.84. The Hall–Kier alpha value is -5.16. The number of benzene rings is 4. The van der Waals surface area contributed by atoms with Crippen LogP contribution in [0.3, 0.4) is 0 Å². The predicted octanol–water partition coefficient (Wildman–Crippen LogP) is 10.6. The van der Waals surface area contributed by atoms with Gasteiger partial charge in [-0.05, 0) is 66.4 Å². The third-order valence-corrected chi connectivity index (χ3v) is 8.31. The first-order valence-electron chi connectivity index (χ1n) is 15.6. The summed E-state index contributed by atoms with van der Waals surface area (Å²) in [6, 6.07) is 37.8. The molecule has 0 spiro atoms. The number of aromatic nitrogens is 4. The van der Waals surface area contributed by atoms with Crippen molar-refractivity contribution in [3.8, 4) is 34.1 Å². The molecule has 0 bridgehead atoms. The molecule has 5 nitrogen and oxygen atoms in total. The second kappa shape index (κ2) is 11.1. The van der Waals surface area contributed by atoms with Gasteiger partial charge in [0.2, 0.25) is 0 Å². The maximum Gasteiger partial charge on any atom is 0.137 e. The minimum Gasteiger partial charge on any atom is -0.457 e. The van der Waals surface area contributed by atoms with Gasteiger partial charge in [-0.25, -0.2) is 9.67 Å². The van der Waals surface area contributed by atoms with Crippen LogP contribution in [0.4, 0.5) is 0 Å². The topological polar surface area (TPSA) is 44.9 Å². The van der Waals surface area contributed by atoms with Crippen molar-refractivity contribution in [1.82, 2.24) is 19.3 Å². The molecular weight excluding hydrogens is 552 g/mol. The van der Waals surface area contributed by atoms with E-state index in [1.807, 2.05) is 30.5 Å². The molecule has 7 aromatic rings. The van der Waals surface area contributed by atoms with E-state index < -0.39 is 0 Å². The number of hydrogen-bond donors (Lipinski definition) is 0. The fraction of sp³-hybridized carbons (Fsp3) is 0.200. The average molecular weight is 591 g/mol. The summed E-state index contributed by atoms with van der Waals surface area (Å²) in [5.74, 6) is 2.68. The monoisotopic (exact) mass is 590 g/mol. The highest BCUT2D eigenvalue weighted by molar-refractivity contribution is 6.09. The fourth-order valence-electron chi connectivity index (χ4n) is 6.33. The lowest BCUT2D eigenvalue weighted by molar-refractivity contribution is 0.482. The number of aryl methyl sites for hydroxylation is 1. The second-order valence-corrected chi connectivity index (χ2v) is 13.1. The molecule has 224 valence electrons. The normalized spacial score (nSPS) is 12.0. The van der Waals surface area contributed by atoms with Gasteiger partial charge in [0, 0.05) is 40.1 Å². The molecule has 0 fully saturated rings. The summed E-state index contributed by atoms with van der Waals surface area (Å²) < 4.78 is 10.9. The smallest absolute Gasteiger partial charge is 0.137 e. The molecule has 0 N–H and O–H groups in total. The number of hydrogen-bond acceptors (Lipinski definition) is 3. The van der Waals surface area contributed by atoms with Crippen molar-refractivity contribution < 1.29 is 4.74 Å². The van der Waals surface area contributed by atoms with Crippen molar-refractivity contribution in [2.24, 2.45) is 0 Å². The molecule has 0 atom stereocenters. The van der Waals surface area contributed by atoms with E-state index in [-0.39, 0.29) is 11.3 Å². The van der Waals surface area contributed by atoms with Crippen LogP contribution < -0.4 is 4.74 Å². The highest BCUT2D eigenvalue weighted by Crippen LogP contribution is 2.41. The van der Waals surface area contributed by atoms with E-state index in [0.717, 1.165) is 45.1 Å². The third kappa shape index (κ3) is 5.18. The molecule has 0 aliphatic carbocycles. The van der Waals surface area contributed by atoms with E-state index in [2.05, 4.69) is 136 Å². The number of nitrogens with zero attached hydrogens (tertiary/aromatic N) is 4. The number of ether oxygens (including phenoxy) is 1. The molecule has 3 aromatic heterocycles. The van der Waals surface area contributed by atoms with Gasteiger partial charge < -0.3 is 4.74 Å². The Morgan fingerprint density at radius 3 is 2.20 bits per heavy atom. The quantitative estimate of drug-likeness (QED) is 0.194. The Bertz CT molecular complexity index is 2160. The average Bonchev–Trinajstić information content (AvgIpc) is 3.59. The summed E-state index contributed by atoms with van der Waals surface area (Å²) in [4.78, 5) is 4.72. The molecule has 0 amide bonds. The Morgan fingerprint density at radius 1 is 0.711 bits per heavy atom. The van der Waals surface area contributed by atoms with Gasteiger partial charge in [0.25, 0.3) is 0 Å². The lowest BCUT2D eigenvalue weighted by Crippen LogP contribution is -2.18. The van der Waals surface area contributed by atoms with Gasteiger partial charge >= 0.3 is 0 Å². The second-order valence-electron chi connectivity index (χ2n) is 13.1. The summed E-state index contributed by atoms with van der Waals surface area (Å²) in [6.45, 7) is 13.3. The van der Waals surface area contributed by atoms with Gasteiger partial charge in [0.15, 0.2) is 0 Å². The van der Waals surface area contributed by atoms with Crippen LogP contribution in [-0.4, -0.2) is 19.3 Å². The zero-order valence-electron chi connectivity index (χ0n) is 26.7. The van der Waals surface area contributed by atoms with E-state index in [0.29, 0.717) is 0 Å². The molecular formula is C40H38N4O. The molecule has 0 aliphatic heterocycles. The van der Waals surface area contributed by atoms with Crippen LogP contribution in [0.25, 0.3) is 44.4 Å². The maximum absolute atomic E-state index is 6.58. The van der Waals surface area contributed by atoms with Crippen LogP contribution in [0.1, 0.15) is 57.5 Å². The van der Waals surface area contributed by atoms with Gasteiger partial charge in [-0.3, -0.25) is 4.57 Å². The van der Waals surface area contributed by atoms with Crippen molar-refractivity contribution in [2.75, 3.05) is 0 Å². The highest BCUT2D eigenvalue weighted by Gasteiger charge is 2.30. The first-order chi connectivity index (χ1) is 21.7. The maximum atomic E-state index is 6.58. The zero-order chi connectivity index (χ0) is 31.3. The van der Waals surface area contributed by atoms with Crippen LogP contribution >= 0.6 is 0 Å². The highest BCUT2D eigenvalue weighted by atomic mass is 16.5. The summed E-state index contributed by atoms with van der Waals surface area (Å²) in [5, 5.41) is 7.59. The Kier molecular flexibility index (Phi) is 7.04. The first kappa shape index (κ1) is 28.6. The SMILES string of the molecule is Cc1ccnc(-n2c3ccccc3c3ccc(Oc4cccc(-n5nc(C(C)C)c(-c6ccccc6)c5C(C)(C)C)c4)cc32)c1. The van der Waals surface area contributed by atoms with Gasteiger partial charge in [0.1, 0.15) is 17.3 Å². The van der Waals surface area contributed by atoms with Gasteiger partial charge in [-0.2, -0.15) is 5.10 Å². The number of rotatable bonds is 6. The minimum atomic E-state index is -0.148. The Labute approximate surface area is 264 Å². The summed E-state index contributed by atoms with van der Waals surface area (Å²) in [6.07, 6.45) is 1.87. The molecule has 0 saturated heterocycles. The molecule has 0 aliphatic rings. The van der Waals surface area contributed by atoms with Gasteiger partial charge in [-0.1, -0.05) is 89.2 Å². The van der Waals surface area contributed by atoms with E-state index in [1.165, 1.54) is 27.8 Å². The van der Waals surface area contributed by atoms with Gasteiger partial charge in [-0.15, -0.1) is 0 Å². The molecule has 0 saturated carbocycles. The Balaban J connectivity index is 1.33. The zero-order valence-corrected chi connectivity index (χ0v) is 26.7. The molecule has 7 rings (SSSR count).